The van der Waals surface area contributed by atoms with Crippen LogP contribution in [0.3, 0.4) is 0 Å². The van der Waals surface area contributed by atoms with Gasteiger partial charge >= 0.3 is 5.97 Å². The molecule has 3 heteroatoms. The van der Waals surface area contributed by atoms with Crippen LogP contribution >= 0.6 is 0 Å². The largest absolute Gasteiger partial charge is 0.459 e. The quantitative estimate of drug-likeness (QED) is 0.0838. The molecule has 0 saturated heterocycles. The van der Waals surface area contributed by atoms with Crippen LogP contribution < -0.4 is 6.15 Å². The molecule has 218 valence electrons. The van der Waals surface area contributed by atoms with Gasteiger partial charge in [0.1, 0.15) is 5.60 Å². The van der Waals surface area contributed by atoms with E-state index in [2.05, 4.69) is 27.7 Å². The smallest absolute Gasteiger partial charge is 0.306 e. The summed E-state index contributed by atoms with van der Waals surface area (Å²) >= 11 is 0. The lowest BCUT2D eigenvalue weighted by Crippen LogP contribution is -2.35. The van der Waals surface area contributed by atoms with Crippen LogP contribution in [0.5, 0.6) is 0 Å². The van der Waals surface area contributed by atoms with E-state index in [9.17, 15) is 4.79 Å². The third kappa shape index (κ3) is 23.8. The Morgan fingerprint density at radius 1 is 0.444 bits per heavy atom. The van der Waals surface area contributed by atoms with Crippen molar-refractivity contribution < 1.29 is 9.53 Å². The van der Waals surface area contributed by atoms with E-state index in [1.54, 1.807) is 0 Å². The molecule has 0 amide bonds. The van der Waals surface area contributed by atoms with Crippen LogP contribution in [0.15, 0.2) is 0 Å². The Morgan fingerprint density at radius 3 is 1.06 bits per heavy atom. The fourth-order valence-electron chi connectivity index (χ4n) is 5.38. The van der Waals surface area contributed by atoms with E-state index in [-0.39, 0.29) is 17.7 Å². The lowest BCUT2D eigenvalue weighted by molar-refractivity contribution is -0.163. The zero-order valence-electron chi connectivity index (χ0n) is 25.6. The second-order valence-electron chi connectivity index (χ2n) is 11.4. The van der Waals surface area contributed by atoms with Crippen molar-refractivity contribution in [2.24, 2.45) is 0 Å². The first-order valence-corrected chi connectivity index (χ1v) is 16.4. The Bertz CT molecular complexity index is 397. The van der Waals surface area contributed by atoms with Gasteiger partial charge in [0.2, 0.25) is 0 Å². The van der Waals surface area contributed by atoms with Crippen LogP contribution in [0.2, 0.25) is 0 Å². The van der Waals surface area contributed by atoms with E-state index >= 15 is 0 Å². The third-order valence-electron chi connectivity index (χ3n) is 7.77. The van der Waals surface area contributed by atoms with Gasteiger partial charge in [0.25, 0.3) is 0 Å². The molecular weight excluding hydrogens is 442 g/mol. The van der Waals surface area contributed by atoms with Crippen molar-refractivity contribution in [2.75, 3.05) is 0 Å². The van der Waals surface area contributed by atoms with E-state index < -0.39 is 0 Å². The monoisotopic (exact) mass is 512 g/mol. The first-order valence-electron chi connectivity index (χ1n) is 16.4. The predicted octanol–water partition coefficient (Wildman–Crippen LogP) is 12.0. The maximum atomic E-state index is 13.0. The zero-order valence-corrected chi connectivity index (χ0v) is 25.6. The number of unbranched alkanes of at least 4 members (excludes halogenated alkanes) is 19. The molecule has 0 fully saturated rings. The van der Waals surface area contributed by atoms with Gasteiger partial charge in [0.15, 0.2) is 0 Å². The number of esters is 1. The van der Waals surface area contributed by atoms with Gasteiger partial charge in [-0.3, -0.25) is 4.79 Å². The Hall–Kier alpha value is -0.570. The van der Waals surface area contributed by atoms with Gasteiger partial charge in [0.05, 0.1) is 0 Å². The second-order valence-corrected chi connectivity index (χ2v) is 11.4. The Balaban J connectivity index is 0. The number of carbonyl (C=O) groups excluding carboxylic acids is 1. The highest BCUT2D eigenvalue weighted by atomic mass is 16.6. The van der Waals surface area contributed by atoms with Crippen molar-refractivity contribution in [3.8, 4) is 0 Å². The van der Waals surface area contributed by atoms with Crippen molar-refractivity contribution in [1.29, 1.82) is 0 Å². The summed E-state index contributed by atoms with van der Waals surface area (Å²) in [6, 6.07) is 0. The van der Waals surface area contributed by atoms with Gasteiger partial charge in [-0.25, -0.2) is 0 Å². The van der Waals surface area contributed by atoms with Gasteiger partial charge in [0, 0.05) is 6.42 Å². The summed E-state index contributed by atoms with van der Waals surface area (Å²) < 4.78 is 6.49. The van der Waals surface area contributed by atoms with Gasteiger partial charge in [-0.2, -0.15) is 0 Å². The zero-order chi connectivity index (χ0) is 25.9. The number of hydrogen-bond donors (Lipinski definition) is 1. The molecule has 0 bridgehead atoms. The lowest BCUT2D eigenvalue weighted by Gasteiger charge is -2.34. The van der Waals surface area contributed by atoms with E-state index in [1.807, 2.05) is 0 Å². The topological polar surface area (TPSA) is 61.3 Å². The standard InChI is InChI=1S/C33H66O2.H3N/c1-5-9-13-17-21-25-29-33(30-26-22-18-14-10-6-2,31-27-23-19-15-11-7-3)35-32(34)28-24-20-16-12-8-4;/h5-31H2,1-4H3;1H3. The first-order chi connectivity index (χ1) is 17.1. The van der Waals surface area contributed by atoms with E-state index in [4.69, 9.17) is 4.74 Å². The molecule has 0 spiro atoms. The predicted molar refractivity (Wildman–Crippen MR) is 161 cm³/mol. The summed E-state index contributed by atoms with van der Waals surface area (Å²) in [6.07, 6.45) is 33.4. The highest BCUT2D eigenvalue weighted by molar-refractivity contribution is 5.69. The van der Waals surface area contributed by atoms with Gasteiger partial charge < -0.3 is 10.9 Å². The summed E-state index contributed by atoms with van der Waals surface area (Å²) in [5.41, 5.74) is -0.194. The summed E-state index contributed by atoms with van der Waals surface area (Å²) in [5, 5.41) is 0. The molecular formula is C33H69NO2. The molecule has 0 atom stereocenters. The van der Waals surface area contributed by atoms with Crippen molar-refractivity contribution in [2.45, 2.75) is 207 Å². The summed E-state index contributed by atoms with van der Waals surface area (Å²) in [6.45, 7) is 9.10. The third-order valence-corrected chi connectivity index (χ3v) is 7.77. The molecule has 0 aromatic carbocycles. The molecule has 0 unspecified atom stereocenters. The molecule has 0 aliphatic rings. The Kier molecular flexibility index (Phi) is 30.3. The van der Waals surface area contributed by atoms with Crippen LogP contribution in [0, 0.1) is 0 Å². The van der Waals surface area contributed by atoms with Crippen molar-refractivity contribution in [1.82, 2.24) is 6.15 Å². The summed E-state index contributed by atoms with van der Waals surface area (Å²) in [5.74, 6) is 0.0875. The van der Waals surface area contributed by atoms with Crippen molar-refractivity contribution >= 4 is 5.97 Å². The van der Waals surface area contributed by atoms with Gasteiger partial charge in [-0.1, -0.05) is 150 Å². The maximum absolute atomic E-state index is 13.0. The van der Waals surface area contributed by atoms with Crippen molar-refractivity contribution in [3.63, 3.8) is 0 Å². The number of rotatable bonds is 28. The molecule has 3 nitrogen and oxygen atoms in total. The van der Waals surface area contributed by atoms with E-state index in [0.29, 0.717) is 6.42 Å². The van der Waals surface area contributed by atoms with E-state index in [0.717, 1.165) is 25.7 Å². The molecule has 0 radical (unpaired) electrons. The minimum atomic E-state index is -0.194. The van der Waals surface area contributed by atoms with Crippen LogP contribution in [0.25, 0.3) is 0 Å². The van der Waals surface area contributed by atoms with Crippen LogP contribution in [-0.2, 0) is 9.53 Å². The fraction of sp³-hybridized carbons (Fsp3) is 0.970. The van der Waals surface area contributed by atoms with E-state index in [1.165, 1.54) is 141 Å². The SMILES string of the molecule is CCCCCCCCC(CCCCCCCC)(CCCCCCCC)OC(=O)CCCCCCC.N. The average Bonchev–Trinajstić information content (AvgIpc) is 2.85. The summed E-state index contributed by atoms with van der Waals surface area (Å²) in [4.78, 5) is 13.0. The molecule has 0 rings (SSSR count). The first kappa shape index (κ1) is 37.6. The number of hydrogen-bond acceptors (Lipinski definition) is 3. The normalized spacial score (nSPS) is 11.4. The second kappa shape index (κ2) is 29.0. The number of carbonyl (C=O) groups is 1. The fourth-order valence-corrected chi connectivity index (χ4v) is 5.38. The highest BCUT2D eigenvalue weighted by Crippen LogP contribution is 2.34. The van der Waals surface area contributed by atoms with Crippen molar-refractivity contribution in [3.05, 3.63) is 0 Å². The minimum absolute atomic E-state index is 0. The minimum Gasteiger partial charge on any atom is -0.459 e. The highest BCUT2D eigenvalue weighted by Gasteiger charge is 2.32. The molecule has 0 heterocycles. The summed E-state index contributed by atoms with van der Waals surface area (Å²) in [7, 11) is 0. The maximum Gasteiger partial charge on any atom is 0.306 e. The molecule has 0 aliphatic heterocycles. The van der Waals surface area contributed by atoms with Gasteiger partial charge in [-0.05, 0) is 44.9 Å². The molecule has 0 aromatic rings. The molecule has 3 N–H and O–H groups in total. The van der Waals surface area contributed by atoms with Crippen LogP contribution in [0.4, 0.5) is 0 Å². The van der Waals surface area contributed by atoms with Crippen LogP contribution in [-0.4, -0.2) is 11.6 Å². The molecule has 0 aromatic heterocycles. The number of ether oxygens (including phenoxy) is 1. The Labute approximate surface area is 228 Å². The lowest BCUT2D eigenvalue weighted by atomic mass is 9.84. The van der Waals surface area contributed by atoms with Crippen LogP contribution in [0.1, 0.15) is 201 Å². The molecule has 36 heavy (non-hydrogen) atoms. The average molecular weight is 512 g/mol. The molecule has 0 saturated carbocycles. The Morgan fingerprint density at radius 2 is 0.722 bits per heavy atom. The van der Waals surface area contributed by atoms with Gasteiger partial charge in [-0.15, -0.1) is 0 Å². The molecule has 0 aliphatic carbocycles.